The van der Waals surface area contributed by atoms with Gasteiger partial charge in [0.05, 0.1) is 0 Å². The first-order valence-electron chi connectivity index (χ1n) is 6.14. The van der Waals surface area contributed by atoms with E-state index in [1.165, 1.54) is 5.56 Å². The van der Waals surface area contributed by atoms with Crippen LogP contribution in [0.2, 0.25) is 0 Å². The van der Waals surface area contributed by atoms with E-state index in [-0.39, 0.29) is 0 Å². The van der Waals surface area contributed by atoms with E-state index in [4.69, 9.17) is 12.2 Å². The Labute approximate surface area is 110 Å². The minimum absolute atomic E-state index is 0.492. The van der Waals surface area contributed by atoms with Gasteiger partial charge in [0.15, 0.2) is 5.11 Å². The van der Waals surface area contributed by atoms with E-state index >= 15 is 0 Å². The van der Waals surface area contributed by atoms with Crippen molar-refractivity contribution in [2.45, 2.75) is 33.6 Å². The summed E-state index contributed by atoms with van der Waals surface area (Å²) in [5, 5.41) is 7.19. The average Bonchev–Trinajstić information content (AvgIpc) is 2.27. The third-order valence-corrected chi connectivity index (χ3v) is 2.75. The number of rotatable bonds is 4. The summed E-state index contributed by atoms with van der Waals surface area (Å²) in [6.07, 6.45) is 0. The van der Waals surface area contributed by atoms with E-state index in [0.29, 0.717) is 16.9 Å². The average molecular weight is 250 g/mol. The van der Waals surface area contributed by atoms with Crippen molar-refractivity contribution in [1.82, 2.24) is 5.32 Å². The summed E-state index contributed by atoms with van der Waals surface area (Å²) in [5.74, 6) is 1.08. The molecule has 0 amide bonds. The lowest BCUT2D eigenvalue weighted by Gasteiger charge is -2.16. The first-order valence-corrected chi connectivity index (χ1v) is 6.55. The fourth-order valence-corrected chi connectivity index (χ4v) is 1.77. The largest absolute Gasteiger partial charge is 0.362 e. The number of anilines is 1. The molecule has 3 heteroatoms. The highest BCUT2D eigenvalue weighted by Gasteiger charge is 2.06. The molecule has 2 nitrogen and oxygen atoms in total. The second-order valence-corrected chi connectivity index (χ2v) is 5.38. The summed E-state index contributed by atoms with van der Waals surface area (Å²) in [7, 11) is 0. The maximum atomic E-state index is 5.28. The van der Waals surface area contributed by atoms with Crippen LogP contribution in [0, 0.1) is 5.92 Å². The Balaban J connectivity index is 2.65. The quantitative estimate of drug-likeness (QED) is 0.796. The van der Waals surface area contributed by atoms with Crippen molar-refractivity contribution in [2.24, 2.45) is 5.92 Å². The Kier molecular flexibility index (Phi) is 5.42. The van der Waals surface area contributed by atoms with Gasteiger partial charge in [0.2, 0.25) is 0 Å². The topological polar surface area (TPSA) is 24.1 Å². The second-order valence-electron chi connectivity index (χ2n) is 4.97. The summed E-state index contributed by atoms with van der Waals surface area (Å²) in [6.45, 7) is 9.60. The molecule has 0 radical (unpaired) electrons. The molecule has 0 unspecified atom stereocenters. The fourth-order valence-electron chi connectivity index (χ4n) is 1.58. The van der Waals surface area contributed by atoms with Gasteiger partial charge in [-0.25, -0.2) is 0 Å². The van der Waals surface area contributed by atoms with Crippen LogP contribution < -0.4 is 10.6 Å². The Morgan fingerprint density at radius 3 is 2.41 bits per heavy atom. The Hall–Kier alpha value is -1.09. The first-order chi connectivity index (χ1) is 8.00. The predicted molar refractivity (Wildman–Crippen MR) is 79.6 cm³/mol. The van der Waals surface area contributed by atoms with Crippen molar-refractivity contribution < 1.29 is 0 Å². The molecular formula is C14H22N2S. The molecule has 17 heavy (non-hydrogen) atoms. The first kappa shape index (κ1) is 14.0. The molecule has 1 aromatic rings. The summed E-state index contributed by atoms with van der Waals surface area (Å²) in [4.78, 5) is 0. The monoisotopic (exact) mass is 250 g/mol. The summed E-state index contributed by atoms with van der Waals surface area (Å²) >= 11 is 5.28. The van der Waals surface area contributed by atoms with Crippen LogP contribution in [0.25, 0.3) is 0 Å². The SMILES string of the molecule is CC(C)CNC(=S)Nc1ccccc1C(C)C. The van der Waals surface area contributed by atoms with Gasteiger partial charge in [0.1, 0.15) is 0 Å². The minimum atomic E-state index is 0.492. The highest BCUT2D eigenvalue weighted by Crippen LogP contribution is 2.23. The normalized spacial score (nSPS) is 10.7. The molecule has 0 saturated heterocycles. The lowest BCUT2D eigenvalue weighted by atomic mass is 10.0. The van der Waals surface area contributed by atoms with Gasteiger partial charge in [-0.05, 0) is 35.7 Å². The van der Waals surface area contributed by atoms with Gasteiger partial charge in [-0.3, -0.25) is 0 Å². The molecule has 0 spiro atoms. The van der Waals surface area contributed by atoms with E-state index < -0.39 is 0 Å². The summed E-state index contributed by atoms with van der Waals surface area (Å²) in [6, 6.07) is 8.29. The smallest absolute Gasteiger partial charge is 0.170 e. The van der Waals surface area contributed by atoms with Crippen molar-refractivity contribution in [2.75, 3.05) is 11.9 Å². The van der Waals surface area contributed by atoms with Crippen LogP contribution in [0.5, 0.6) is 0 Å². The van der Waals surface area contributed by atoms with E-state index in [1.807, 2.05) is 6.07 Å². The van der Waals surface area contributed by atoms with E-state index in [2.05, 4.69) is 56.5 Å². The van der Waals surface area contributed by atoms with Crippen molar-refractivity contribution in [3.05, 3.63) is 29.8 Å². The molecule has 0 fully saturated rings. The molecule has 0 aliphatic rings. The Morgan fingerprint density at radius 2 is 1.82 bits per heavy atom. The molecule has 0 atom stereocenters. The predicted octanol–water partition coefficient (Wildman–Crippen LogP) is 3.75. The van der Waals surface area contributed by atoms with Gasteiger partial charge in [-0.1, -0.05) is 45.9 Å². The number of benzene rings is 1. The second kappa shape index (κ2) is 6.60. The van der Waals surface area contributed by atoms with Crippen molar-refractivity contribution >= 4 is 23.0 Å². The lowest BCUT2D eigenvalue weighted by molar-refractivity contribution is 0.627. The molecule has 0 aromatic heterocycles. The number of para-hydroxylation sites is 1. The number of nitrogens with one attached hydrogen (secondary N) is 2. The maximum Gasteiger partial charge on any atom is 0.170 e. The molecule has 94 valence electrons. The van der Waals surface area contributed by atoms with Crippen molar-refractivity contribution in [3.8, 4) is 0 Å². The van der Waals surface area contributed by atoms with Gasteiger partial charge in [-0.2, -0.15) is 0 Å². The summed E-state index contributed by atoms with van der Waals surface area (Å²) < 4.78 is 0. The molecule has 1 aromatic carbocycles. The van der Waals surface area contributed by atoms with Crippen LogP contribution in [0.3, 0.4) is 0 Å². The van der Waals surface area contributed by atoms with Crippen LogP contribution >= 0.6 is 12.2 Å². The Morgan fingerprint density at radius 1 is 1.18 bits per heavy atom. The standard InChI is InChI=1S/C14H22N2S/c1-10(2)9-15-14(17)16-13-8-6-5-7-12(13)11(3)4/h5-8,10-11H,9H2,1-4H3,(H2,15,16,17). The number of hydrogen-bond donors (Lipinski definition) is 2. The number of thiocarbonyl (C=S) groups is 1. The molecule has 0 saturated carbocycles. The molecule has 0 heterocycles. The highest BCUT2D eigenvalue weighted by molar-refractivity contribution is 7.80. The van der Waals surface area contributed by atoms with Crippen LogP contribution in [0.15, 0.2) is 24.3 Å². The molecule has 2 N–H and O–H groups in total. The van der Waals surface area contributed by atoms with E-state index in [9.17, 15) is 0 Å². The minimum Gasteiger partial charge on any atom is -0.362 e. The zero-order valence-corrected chi connectivity index (χ0v) is 11.9. The van der Waals surface area contributed by atoms with Gasteiger partial charge in [-0.15, -0.1) is 0 Å². The van der Waals surface area contributed by atoms with Gasteiger partial charge < -0.3 is 10.6 Å². The molecule has 0 aliphatic carbocycles. The lowest BCUT2D eigenvalue weighted by Crippen LogP contribution is -2.31. The molecule has 1 rings (SSSR count). The van der Waals surface area contributed by atoms with Crippen molar-refractivity contribution in [1.29, 1.82) is 0 Å². The third kappa shape index (κ3) is 4.73. The van der Waals surface area contributed by atoms with Gasteiger partial charge in [0.25, 0.3) is 0 Å². The zero-order chi connectivity index (χ0) is 12.8. The highest BCUT2D eigenvalue weighted by atomic mass is 32.1. The Bertz CT molecular complexity index is 372. The maximum absolute atomic E-state index is 5.28. The van der Waals surface area contributed by atoms with Gasteiger partial charge in [0, 0.05) is 12.2 Å². The third-order valence-electron chi connectivity index (χ3n) is 2.50. The van der Waals surface area contributed by atoms with Crippen molar-refractivity contribution in [3.63, 3.8) is 0 Å². The van der Waals surface area contributed by atoms with E-state index in [0.717, 1.165) is 12.2 Å². The molecule has 0 bridgehead atoms. The van der Waals surface area contributed by atoms with E-state index in [1.54, 1.807) is 0 Å². The zero-order valence-electron chi connectivity index (χ0n) is 11.1. The van der Waals surface area contributed by atoms with Crippen LogP contribution in [-0.2, 0) is 0 Å². The fraction of sp³-hybridized carbons (Fsp3) is 0.500. The van der Waals surface area contributed by atoms with Gasteiger partial charge >= 0.3 is 0 Å². The molecular weight excluding hydrogens is 228 g/mol. The molecule has 0 aliphatic heterocycles. The number of hydrogen-bond acceptors (Lipinski definition) is 1. The summed E-state index contributed by atoms with van der Waals surface area (Å²) in [5.41, 5.74) is 2.39. The van der Waals surface area contributed by atoms with Crippen LogP contribution in [0.4, 0.5) is 5.69 Å². The van der Waals surface area contributed by atoms with Crippen LogP contribution in [0.1, 0.15) is 39.2 Å². The van der Waals surface area contributed by atoms with Crippen LogP contribution in [-0.4, -0.2) is 11.7 Å².